The minimum atomic E-state index is 0.651. The summed E-state index contributed by atoms with van der Waals surface area (Å²) in [6.07, 6.45) is 12.7. The van der Waals surface area contributed by atoms with Crippen LogP contribution in [0.25, 0.3) is 94.9 Å². The van der Waals surface area contributed by atoms with Gasteiger partial charge in [-0.25, -0.2) is 9.97 Å². The Morgan fingerprint density at radius 3 is 1.36 bits per heavy atom. The highest BCUT2D eigenvalue weighted by Crippen LogP contribution is 2.46. The quantitative estimate of drug-likeness (QED) is 0.0960. The second-order valence-electron chi connectivity index (χ2n) is 21.2. The molecule has 5 heterocycles. The molecule has 14 rings (SSSR count). The van der Waals surface area contributed by atoms with Gasteiger partial charge in [-0.15, -0.1) is 0 Å². The van der Waals surface area contributed by atoms with Crippen molar-refractivity contribution in [2.24, 2.45) is 0 Å². The number of aryl methyl sites for hydroxylation is 4. The van der Waals surface area contributed by atoms with Crippen molar-refractivity contribution in [1.82, 2.24) is 29.5 Å². The fraction of sp³-hybridized carbons (Fsp3) is 0.0519. The van der Waals surface area contributed by atoms with Crippen LogP contribution in [0.5, 0.6) is 0 Å². The van der Waals surface area contributed by atoms with E-state index in [1.165, 1.54) is 49.6 Å². The Morgan fingerprint density at radius 2 is 0.786 bits per heavy atom. The number of nitrogens with zero attached hydrogens (tertiary/aromatic N) is 7. The minimum Gasteiger partial charge on any atom is -0.310 e. The normalized spacial score (nSPS) is 11.3. The van der Waals surface area contributed by atoms with E-state index in [-0.39, 0.29) is 0 Å². The van der Waals surface area contributed by atoms with Crippen LogP contribution in [0.3, 0.4) is 0 Å². The Kier molecular flexibility index (Phi) is 14.2. The second kappa shape index (κ2) is 23.3. The molecule has 7 nitrogen and oxygen atoms in total. The van der Waals surface area contributed by atoms with E-state index in [9.17, 15) is 0 Å². The second-order valence-corrected chi connectivity index (χ2v) is 21.2. The van der Waals surface area contributed by atoms with Crippen molar-refractivity contribution in [1.29, 1.82) is 0 Å². The number of para-hydroxylation sites is 2. The maximum Gasteiger partial charge on any atom is 0.159 e. The van der Waals surface area contributed by atoms with Crippen molar-refractivity contribution in [2.75, 3.05) is 4.90 Å². The zero-order chi connectivity index (χ0) is 56.0. The molecule has 400 valence electrons. The van der Waals surface area contributed by atoms with Gasteiger partial charge in [0.1, 0.15) is 0 Å². The molecule has 0 N–H and O–H groups in total. The molecule has 0 saturated heterocycles. The fourth-order valence-corrected chi connectivity index (χ4v) is 11.8. The van der Waals surface area contributed by atoms with Crippen molar-refractivity contribution in [3.05, 3.63) is 320 Å². The van der Waals surface area contributed by atoms with Crippen LogP contribution in [-0.4, -0.2) is 29.5 Å². The Morgan fingerprint density at radius 1 is 0.286 bits per heavy atom. The van der Waals surface area contributed by atoms with Gasteiger partial charge in [0.15, 0.2) is 5.82 Å². The van der Waals surface area contributed by atoms with Crippen molar-refractivity contribution in [2.45, 2.75) is 25.7 Å². The van der Waals surface area contributed by atoms with Crippen LogP contribution in [0, 0.1) is 0 Å². The summed E-state index contributed by atoms with van der Waals surface area (Å²) < 4.78 is 2.37. The van der Waals surface area contributed by atoms with E-state index >= 15 is 0 Å². The van der Waals surface area contributed by atoms with Crippen LogP contribution in [0.4, 0.5) is 17.1 Å². The van der Waals surface area contributed by atoms with E-state index in [0.29, 0.717) is 5.82 Å². The molecule has 0 bridgehead atoms. The zero-order valence-electron chi connectivity index (χ0n) is 46.2. The topological polar surface area (TPSA) is 72.6 Å². The Bertz CT molecular complexity index is 4410. The van der Waals surface area contributed by atoms with E-state index in [4.69, 9.17) is 15.0 Å². The highest BCUT2D eigenvalue weighted by Gasteiger charge is 2.23. The van der Waals surface area contributed by atoms with Gasteiger partial charge in [0.25, 0.3) is 0 Å². The molecule has 0 aliphatic rings. The summed E-state index contributed by atoms with van der Waals surface area (Å²) in [6.45, 7) is 0. The van der Waals surface area contributed by atoms with Crippen molar-refractivity contribution < 1.29 is 0 Å². The number of fused-ring (bicyclic) bond motifs is 3. The number of hydrogen-bond donors (Lipinski definition) is 0. The van der Waals surface area contributed by atoms with E-state index in [0.717, 1.165) is 104 Å². The summed E-state index contributed by atoms with van der Waals surface area (Å²) in [5, 5.41) is 2.45. The first kappa shape index (κ1) is 51.3. The van der Waals surface area contributed by atoms with Crippen molar-refractivity contribution in [3.63, 3.8) is 0 Å². The third-order valence-corrected chi connectivity index (χ3v) is 15.9. The third kappa shape index (κ3) is 10.7. The molecule has 0 saturated carbocycles. The lowest BCUT2D eigenvalue weighted by atomic mass is 9.89. The van der Waals surface area contributed by atoms with Crippen LogP contribution in [0.2, 0.25) is 0 Å². The molecule has 14 aromatic rings. The first-order valence-electron chi connectivity index (χ1n) is 28.7. The lowest BCUT2D eigenvalue weighted by Gasteiger charge is -2.29. The number of hydrogen-bond acceptors (Lipinski definition) is 6. The molecule has 84 heavy (non-hydrogen) atoms. The molecule has 0 atom stereocenters. The van der Waals surface area contributed by atoms with Gasteiger partial charge in [-0.3, -0.25) is 15.0 Å². The number of pyridine rings is 3. The van der Waals surface area contributed by atoms with Crippen LogP contribution in [0.15, 0.2) is 298 Å². The van der Waals surface area contributed by atoms with Gasteiger partial charge in [-0.05, 0) is 162 Å². The average molecular weight is 1080 g/mol. The van der Waals surface area contributed by atoms with Gasteiger partial charge in [-0.2, -0.15) is 0 Å². The van der Waals surface area contributed by atoms with Crippen molar-refractivity contribution in [3.8, 4) is 73.1 Å². The Hall–Kier alpha value is -10.9. The molecule has 0 aliphatic heterocycles. The van der Waals surface area contributed by atoms with Crippen LogP contribution in [-0.2, 0) is 25.7 Å². The maximum atomic E-state index is 4.81. The van der Waals surface area contributed by atoms with E-state index in [1.807, 2.05) is 73.4 Å². The largest absolute Gasteiger partial charge is 0.310 e. The minimum absolute atomic E-state index is 0.651. The number of aromatic nitrogens is 6. The molecule has 7 heteroatoms. The summed E-state index contributed by atoms with van der Waals surface area (Å²) in [7, 11) is 0. The molecule has 0 fully saturated rings. The van der Waals surface area contributed by atoms with E-state index < -0.39 is 0 Å². The summed E-state index contributed by atoms with van der Waals surface area (Å²) in [5.74, 6) is 0.651. The van der Waals surface area contributed by atoms with Crippen LogP contribution in [0.1, 0.15) is 22.3 Å². The van der Waals surface area contributed by atoms with Gasteiger partial charge >= 0.3 is 0 Å². The number of anilines is 3. The maximum absolute atomic E-state index is 4.81. The van der Waals surface area contributed by atoms with Crippen LogP contribution >= 0.6 is 0 Å². The van der Waals surface area contributed by atoms with Crippen LogP contribution < -0.4 is 4.90 Å². The number of rotatable bonds is 16. The van der Waals surface area contributed by atoms with Gasteiger partial charge in [0, 0.05) is 86.6 Å². The fourth-order valence-electron chi connectivity index (χ4n) is 11.8. The molecule has 0 aliphatic carbocycles. The van der Waals surface area contributed by atoms with Gasteiger partial charge < -0.3 is 9.47 Å². The van der Waals surface area contributed by atoms with Gasteiger partial charge in [0.2, 0.25) is 0 Å². The van der Waals surface area contributed by atoms with E-state index in [1.54, 1.807) is 0 Å². The summed E-state index contributed by atoms with van der Waals surface area (Å²) in [4.78, 5) is 26.0. The Labute approximate surface area is 489 Å². The molecule has 0 unspecified atom stereocenters. The highest BCUT2D eigenvalue weighted by molar-refractivity contribution is 6.09. The average Bonchev–Trinajstić information content (AvgIpc) is 2.65. The summed E-state index contributed by atoms with van der Waals surface area (Å²) >= 11 is 0. The smallest absolute Gasteiger partial charge is 0.159 e. The first-order valence-corrected chi connectivity index (χ1v) is 28.7. The predicted molar refractivity (Wildman–Crippen MR) is 345 cm³/mol. The first-order chi connectivity index (χ1) is 41.6. The molecule has 0 radical (unpaired) electrons. The molecule has 5 aromatic heterocycles. The van der Waals surface area contributed by atoms with Gasteiger partial charge in [-0.1, -0.05) is 170 Å². The molecule has 0 spiro atoms. The monoisotopic (exact) mass is 1080 g/mol. The van der Waals surface area contributed by atoms with Gasteiger partial charge in [0.05, 0.1) is 33.8 Å². The molecular formula is C77H57N7. The number of benzene rings is 9. The zero-order valence-corrected chi connectivity index (χ0v) is 46.2. The lowest BCUT2D eigenvalue weighted by Crippen LogP contribution is -2.12. The lowest BCUT2D eigenvalue weighted by molar-refractivity contribution is 0.931. The predicted octanol–water partition coefficient (Wildman–Crippen LogP) is 18.8. The standard InChI is InChI=1S/C77H57N7/c1-2-18-67(66(17-1)62-50-56(28-26-54-30-34-58(35-31-54)71-21-7-10-44-78-71)49-57(51-62)29-27-55-32-36-59(37-33-55)72-22-8-11-45-79-72)70-43-38-61(77-81-47-14-48-82-77)53-76(70)83(65-16-13-15-60(52-65)73-23-9-12-46-80-73)63-39-41-64(42-40-63)84-74-24-5-3-19-68(74)69-20-4-6-25-75(69)84/h1-25,30-53H,26-29H2. The Balaban J connectivity index is 0.898. The summed E-state index contributed by atoms with van der Waals surface area (Å²) in [5.41, 5.74) is 23.1. The van der Waals surface area contributed by atoms with Crippen molar-refractivity contribution >= 4 is 38.9 Å². The molecular weight excluding hydrogens is 1020 g/mol. The molecule has 0 amide bonds. The SMILES string of the molecule is c1ccc(-c2ccc(CCc3cc(CCc4ccc(-c5ccccn5)cc4)cc(-c4ccccc4-c4ccc(-c5ncccn5)cc4N(c4ccc(-n5c6ccccc6c6ccccc65)cc4)c4cccc(-c5ccccn5)c4)c3)cc2)nc1. The summed E-state index contributed by atoms with van der Waals surface area (Å²) in [6, 6.07) is 95.7. The molecule has 9 aromatic carbocycles. The van der Waals surface area contributed by atoms with E-state index in [2.05, 4.69) is 244 Å². The third-order valence-electron chi connectivity index (χ3n) is 15.9. The highest BCUT2D eigenvalue weighted by atomic mass is 15.1.